The molecular formula is C16H26N2O2. The van der Waals surface area contributed by atoms with E-state index in [0.717, 1.165) is 50.5 Å². The van der Waals surface area contributed by atoms with Crippen molar-refractivity contribution < 1.29 is 9.47 Å². The van der Waals surface area contributed by atoms with Gasteiger partial charge < -0.3 is 14.8 Å². The summed E-state index contributed by atoms with van der Waals surface area (Å²) in [6, 6.07) is 2.05. The normalized spacial score (nSPS) is 11.7. The summed E-state index contributed by atoms with van der Waals surface area (Å²) < 4.78 is 10.6. The predicted molar refractivity (Wildman–Crippen MR) is 83.0 cm³/mol. The fourth-order valence-corrected chi connectivity index (χ4v) is 1.74. The molecule has 0 saturated carbocycles. The second-order valence-electron chi connectivity index (χ2n) is 4.68. The molecule has 1 heterocycles. The van der Waals surface area contributed by atoms with Crippen molar-refractivity contribution in [2.75, 3.05) is 33.4 Å². The number of ether oxygens (including phenoxy) is 2. The summed E-state index contributed by atoms with van der Waals surface area (Å²) in [7, 11) is 1.71. The van der Waals surface area contributed by atoms with Crippen LogP contribution in [0.15, 0.2) is 24.5 Å². The second kappa shape index (κ2) is 10.4. The van der Waals surface area contributed by atoms with Gasteiger partial charge in [-0.1, -0.05) is 13.0 Å². The zero-order valence-corrected chi connectivity index (χ0v) is 12.8. The maximum atomic E-state index is 5.60. The molecule has 0 atom stereocenters. The van der Waals surface area contributed by atoms with E-state index >= 15 is 0 Å². The zero-order chi connectivity index (χ0) is 14.6. The SMILES string of the molecule is CCCOc1cncc(/C(C)=C/CCNCCOC)c1. The molecule has 112 valence electrons. The Kier molecular flexibility index (Phi) is 8.67. The summed E-state index contributed by atoms with van der Waals surface area (Å²) in [5.74, 6) is 0.843. The summed E-state index contributed by atoms with van der Waals surface area (Å²) in [5.41, 5.74) is 2.35. The van der Waals surface area contributed by atoms with Crippen molar-refractivity contribution in [3.63, 3.8) is 0 Å². The van der Waals surface area contributed by atoms with Crippen LogP contribution in [-0.4, -0.2) is 38.4 Å². The fraction of sp³-hybridized carbons (Fsp3) is 0.562. The van der Waals surface area contributed by atoms with Crippen LogP contribution in [0.5, 0.6) is 5.75 Å². The van der Waals surface area contributed by atoms with Crippen molar-refractivity contribution >= 4 is 5.57 Å². The van der Waals surface area contributed by atoms with Gasteiger partial charge in [-0.3, -0.25) is 4.98 Å². The second-order valence-corrected chi connectivity index (χ2v) is 4.68. The smallest absolute Gasteiger partial charge is 0.138 e. The van der Waals surface area contributed by atoms with E-state index in [4.69, 9.17) is 9.47 Å². The number of methoxy groups -OCH3 is 1. The largest absolute Gasteiger partial charge is 0.492 e. The van der Waals surface area contributed by atoms with E-state index in [9.17, 15) is 0 Å². The topological polar surface area (TPSA) is 43.4 Å². The molecule has 0 aliphatic rings. The molecule has 0 saturated heterocycles. The Labute approximate surface area is 122 Å². The molecule has 0 aliphatic carbocycles. The van der Waals surface area contributed by atoms with E-state index in [1.54, 1.807) is 13.3 Å². The highest BCUT2D eigenvalue weighted by atomic mass is 16.5. The lowest BCUT2D eigenvalue weighted by atomic mass is 10.1. The van der Waals surface area contributed by atoms with Gasteiger partial charge in [0.2, 0.25) is 0 Å². The Morgan fingerprint density at radius 2 is 2.15 bits per heavy atom. The molecule has 4 heteroatoms. The van der Waals surface area contributed by atoms with Gasteiger partial charge >= 0.3 is 0 Å². The minimum atomic E-state index is 0.733. The lowest BCUT2D eigenvalue weighted by Crippen LogP contribution is -2.19. The van der Waals surface area contributed by atoms with Crippen molar-refractivity contribution in [2.24, 2.45) is 0 Å². The van der Waals surface area contributed by atoms with Crippen LogP contribution >= 0.6 is 0 Å². The number of nitrogens with zero attached hydrogens (tertiary/aromatic N) is 1. The highest BCUT2D eigenvalue weighted by molar-refractivity contribution is 5.63. The van der Waals surface area contributed by atoms with E-state index in [0.29, 0.717) is 0 Å². The molecule has 1 rings (SSSR count). The number of aromatic nitrogens is 1. The van der Waals surface area contributed by atoms with Crippen LogP contribution in [0.2, 0.25) is 0 Å². The van der Waals surface area contributed by atoms with Gasteiger partial charge in [0.25, 0.3) is 0 Å². The molecule has 20 heavy (non-hydrogen) atoms. The van der Waals surface area contributed by atoms with Crippen molar-refractivity contribution in [2.45, 2.75) is 26.7 Å². The molecule has 0 bridgehead atoms. The van der Waals surface area contributed by atoms with Crippen molar-refractivity contribution in [1.29, 1.82) is 0 Å². The average Bonchev–Trinajstić information content (AvgIpc) is 2.48. The number of hydrogen-bond donors (Lipinski definition) is 1. The standard InChI is InChI=1S/C16H26N2O2/c1-4-9-20-16-11-15(12-18-13-16)14(2)6-5-7-17-8-10-19-3/h6,11-13,17H,4-5,7-10H2,1-3H3/b14-6+. The van der Waals surface area contributed by atoms with E-state index in [1.807, 2.05) is 12.3 Å². The summed E-state index contributed by atoms with van der Waals surface area (Å²) in [5, 5.41) is 3.32. The van der Waals surface area contributed by atoms with Crippen LogP contribution in [0.4, 0.5) is 0 Å². The van der Waals surface area contributed by atoms with Gasteiger partial charge in [0.15, 0.2) is 0 Å². The monoisotopic (exact) mass is 278 g/mol. The average molecular weight is 278 g/mol. The highest BCUT2D eigenvalue weighted by Gasteiger charge is 1.99. The van der Waals surface area contributed by atoms with Gasteiger partial charge in [0.1, 0.15) is 5.75 Å². The predicted octanol–water partition coefficient (Wildman–Crippen LogP) is 2.90. The molecule has 1 aromatic heterocycles. The van der Waals surface area contributed by atoms with Gasteiger partial charge in [0, 0.05) is 19.9 Å². The first-order valence-electron chi connectivity index (χ1n) is 7.22. The minimum absolute atomic E-state index is 0.733. The van der Waals surface area contributed by atoms with Gasteiger partial charge in [-0.05, 0) is 43.5 Å². The van der Waals surface area contributed by atoms with Crippen molar-refractivity contribution in [3.8, 4) is 5.75 Å². The third-order valence-electron chi connectivity index (χ3n) is 2.90. The molecular weight excluding hydrogens is 252 g/mol. The Morgan fingerprint density at radius 3 is 2.90 bits per heavy atom. The van der Waals surface area contributed by atoms with Gasteiger partial charge in [0.05, 0.1) is 19.4 Å². The van der Waals surface area contributed by atoms with Crippen molar-refractivity contribution in [3.05, 3.63) is 30.1 Å². The third kappa shape index (κ3) is 6.68. The molecule has 0 amide bonds. The number of rotatable bonds is 10. The Hall–Kier alpha value is -1.39. The maximum absolute atomic E-state index is 5.60. The van der Waals surface area contributed by atoms with E-state index in [1.165, 1.54) is 5.57 Å². The Morgan fingerprint density at radius 1 is 1.30 bits per heavy atom. The van der Waals surface area contributed by atoms with Gasteiger partial charge in [-0.25, -0.2) is 0 Å². The Balaban J connectivity index is 2.43. The summed E-state index contributed by atoms with van der Waals surface area (Å²) >= 11 is 0. The lowest BCUT2D eigenvalue weighted by Gasteiger charge is -2.07. The van der Waals surface area contributed by atoms with Crippen molar-refractivity contribution in [1.82, 2.24) is 10.3 Å². The lowest BCUT2D eigenvalue weighted by molar-refractivity contribution is 0.199. The number of nitrogens with one attached hydrogen (secondary N) is 1. The van der Waals surface area contributed by atoms with Crippen LogP contribution in [0, 0.1) is 0 Å². The third-order valence-corrected chi connectivity index (χ3v) is 2.90. The molecule has 0 radical (unpaired) electrons. The van der Waals surface area contributed by atoms with Crippen LogP contribution in [0.3, 0.4) is 0 Å². The van der Waals surface area contributed by atoms with Crippen LogP contribution in [0.25, 0.3) is 5.57 Å². The van der Waals surface area contributed by atoms with E-state index in [2.05, 4.69) is 30.2 Å². The molecule has 1 N–H and O–H groups in total. The summed E-state index contributed by atoms with van der Waals surface area (Å²) in [4.78, 5) is 4.23. The molecule has 0 fully saturated rings. The zero-order valence-electron chi connectivity index (χ0n) is 12.8. The summed E-state index contributed by atoms with van der Waals surface area (Å²) in [6.07, 6.45) is 7.87. The molecule has 4 nitrogen and oxygen atoms in total. The molecule has 0 aliphatic heterocycles. The number of allylic oxidation sites excluding steroid dienone is 1. The van der Waals surface area contributed by atoms with E-state index < -0.39 is 0 Å². The number of pyridine rings is 1. The first-order chi connectivity index (χ1) is 9.77. The highest BCUT2D eigenvalue weighted by Crippen LogP contribution is 2.18. The molecule has 0 aromatic carbocycles. The number of hydrogen-bond acceptors (Lipinski definition) is 4. The maximum Gasteiger partial charge on any atom is 0.138 e. The van der Waals surface area contributed by atoms with Crippen LogP contribution < -0.4 is 10.1 Å². The fourth-order valence-electron chi connectivity index (χ4n) is 1.74. The molecule has 0 spiro atoms. The van der Waals surface area contributed by atoms with Gasteiger partial charge in [-0.15, -0.1) is 0 Å². The first-order valence-corrected chi connectivity index (χ1v) is 7.22. The van der Waals surface area contributed by atoms with Crippen LogP contribution in [0.1, 0.15) is 32.3 Å². The first kappa shape index (κ1) is 16.7. The molecule has 0 unspecified atom stereocenters. The quantitative estimate of drug-likeness (QED) is 0.668. The van der Waals surface area contributed by atoms with Gasteiger partial charge in [-0.2, -0.15) is 0 Å². The minimum Gasteiger partial charge on any atom is -0.492 e. The molecule has 1 aromatic rings. The Bertz CT molecular complexity index is 405. The van der Waals surface area contributed by atoms with Crippen LogP contribution in [-0.2, 0) is 4.74 Å². The summed E-state index contributed by atoms with van der Waals surface area (Å²) in [6.45, 7) is 7.54. The van der Waals surface area contributed by atoms with E-state index in [-0.39, 0.29) is 0 Å².